The highest BCUT2D eigenvalue weighted by Crippen LogP contribution is 2.41. The number of alkyl halides is 3. The summed E-state index contributed by atoms with van der Waals surface area (Å²) in [7, 11) is 0. The molecule has 1 heterocycles. The smallest absolute Gasteiger partial charge is 0.399 e. The summed E-state index contributed by atoms with van der Waals surface area (Å²) in [6.45, 7) is 1.90. The number of aromatic nitrogens is 1. The van der Waals surface area contributed by atoms with Crippen molar-refractivity contribution in [2.24, 2.45) is 4.99 Å². The Morgan fingerprint density at radius 3 is 2.29 bits per heavy atom. The van der Waals surface area contributed by atoms with Gasteiger partial charge in [0.1, 0.15) is 0 Å². The first-order chi connectivity index (χ1) is 16.4. The van der Waals surface area contributed by atoms with Crippen LogP contribution in [0.15, 0.2) is 59.7 Å². The number of nitrogens with zero attached hydrogens (tertiary/aromatic N) is 2. The third-order valence-corrected chi connectivity index (χ3v) is 6.58. The summed E-state index contributed by atoms with van der Waals surface area (Å²) >= 11 is 24.0. The molecule has 10 heteroatoms. The second-order valence-electron chi connectivity index (χ2n) is 7.72. The van der Waals surface area contributed by atoms with E-state index in [4.69, 9.17) is 46.4 Å². The molecule has 0 spiro atoms. The number of pyridine rings is 1. The van der Waals surface area contributed by atoms with E-state index in [1.165, 1.54) is 12.1 Å². The maximum absolute atomic E-state index is 13.7. The maximum Gasteiger partial charge on any atom is 0.399 e. The minimum atomic E-state index is -4.59. The van der Waals surface area contributed by atoms with Crippen molar-refractivity contribution in [2.75, 3.05) is 0 Å². The molecule has 0 N–H and O–H groups in total. The summed E-state index contributed by atoms with van der Waals surface area (Å²) in [5.41, 5.74) is 2.47. The number of aliphatic imine (C=N–C) groups is 1. The average molecular weight is 561 g/mol. The largest absolute Gasteiger partial charge is 0.862 e. The molecule has 0 aliphatic rings. The van der Waals surface area contributed by atoms with Gasteiger partial charge >= 0.3 is 6.18 Å². The van der Waals surface area contributed by atoms with Gasteiger partial charge in [-0.05, 0) is 59.3 Å². The summed E-state index contributed by atoms with van der Waals surface area (Å²) in [6, 6.07) is 10.6. The zero-order valence-electron chi connectivity index (χ0n) is 18.2. The van der Waals surface area contributed by atoms with Gasteiger partial charge < -0.3 is 10.1 Å². The van der Waals surface area contributed by atoms with Crippen molar-refractivity contribution in [1.82, 2.24) is 4.98 Å². The van der Waals surface area contributed by atoms with Gasteiger partial charge in [-0.3, -0.25) is 4.98 Å². The normalized spacial score (nSPS) is 13.4. The number of aryl methyl sites for hydroxylation is 1. The van der Waals surface area contributed by atoms with Crippen LogP contribution in [0, 0.1) is 6.92 Å². The fourth-order valence-corrected chi connectivity index (χ4v) is 4.04. The third kappa shape index (κ3) is 7.61. The van der Waals surface area contributed by atoms with Crippen LogP contribution in [0.5, 0.6) is 0 Å². The Labute approximate surface area is 220 Å². The number of benzene rings is 2. The van der Waals surface area contributed by atoms with E-state index in [0.29, 0.717) is 11.1 Å². The van der Waals surface area contributed by atoms with E-state index in [2.05, 4.69) is 9.98 Å². The fourth-order valence-electron chi connectivity index (χ4n) is 3.17. The van der Waals surface area contributed by atoms with Crippen LogP contribution >= 0.6 is 46.4 Å². The summed E-state index contributed by atoms with van der Waals surface area (Å²) in [6.07, 6.45) is -0.561. The topological polar surface area (TPSA) is 48.3 Å². The molecule has 0 aliphatic carbocycles. The van der Waals surface area contributed by atoms with Crippen molar-refractivity contribution >= 4 is 58.4 Å². The van der Waals surface area contributed by atoms with Crippen LogP contribution < -0.4 is 5.11 Å². The Morgan fingerprint density at radius 1 is 1.03 bits per heavy atom. The molecular formula is C25H18Cl4F3N2O-. The number of allylic oxidation sites excluding steroid dienone is 1. The summed E-state index contributed by atoms with van der Waals surface area (Å²) in [5.74, 6) is -2.29. The lowest BCUT2D eigenvalue weighted by atomic mass is 9.97. The van der Waals surface area contributed by atoms with Crippen molar-refractivity contribution in [1.29, 1.82) is 0 Å². The highest BCUT2D eigenvalue weighted by molar-refractivity contribution is 6.48. The van der Waals surface area contributed by atoms with Crippen LogP contribution in [0.2, 0.25) is 20.1 Å². The van der Waals surface area contributed by atoms with E-state index in [1.807, 2.05) is 19.1 Å². The van der Waals surface area contributed by atoms with E-state index in [9.17, 15) is 18.3 Å². The number of hydrogen-bond donors (Lipinski definition) is 0. The lowest BCUT2D eigenvalue weighted by Crippen LogP contribution is -2.20. The first-order valence-electron chi connectivity index (χ1n) is 10.2. The summed E-state index contributed by atoms with van der Waals surface area (Å²) in [4.78, 5) is 8.16. The minimum Gasteiger partial charge on any atom is -0.862 e. The van der Waals surface area contributed by atoms with Crippen LogP contribution in [0.3, 0.4) is 0 Å². The molecule has 0 saturated heterocycles. The van der Waals surface area contributed by atoms with E-state index in [0.717, 1.165) is 29.5 Å². The van der Waals surface area contributed by atoms with Gasteiger partial charge in [-0.1, -0.05) is 76.8 Å². The van der Waals surface area contributed by atoms with Crippen LogP contribution in [-0.2, 0) is 13.0 Å². The van der Waals surface area contributed by atoms with Crippen LogP contribution in [-0.4, -0.2) is 17.1 Å². The quantitative estimate of drug-likeness (QED) is 0.168. The number of halogens is 7. The highest BCUT2D eigenvalue weighted by atomic mass is 35.5. The molecule has 1 atom stereocenters. The van der Waals surface area contributed by atoms with Gasteiger partial charge in [0.15, 0.2) is 0 Å². The third-order valence-electron chi connectivity index (χ3n) is 5.03. The Hall–Kier alpha value is -2.25. The van der Waals surface area contributed by atoms with Crippen LogP contribution in [0.1, 0.15) is 33.9 Å². The summed E-state index contributed by atoms with van der Waals surface area (Å²) in [5, 5.41) is 12.3. The second kappa shape index (κ2) is 11.7. The predicted molar refractivity (Wildman–Crippen MR) is 135 cm³/mol. The lowest BCUT2D eigenvalue weighted by molar-refractivity contribution is -0.218. The summed E-state index contributed by atoms with van der Waals surface area (Å²) < 4.78 is 41.2. The fraction of sp³-hybridized carbons (Fsp3) is 0.200. The van der Waals surface area contributed by atoms with Gasteiger partial charge in [-0.2, -0.15) is 13.2 Å². The van der Waals surface area contributed by atoms with E-state index >= 15 is 0 Å². The molecule has 0 saturated carbocycles. The molecule has 0 amide bonds. The van der Waals surface area contributed by atoms with Crippen LogP contribution in [0.4, 0.5) is 13.2 Å². The van der Waals surface area contributed by atoms with Crippen molar-refractivity contribution in [3.8, 4) is 0 Å². The molecule has 0 fully saturated rings. The number of rotatable bonds is 7. The van der Waals surface area contributed by atoms with Crippen molar-refractivity contribution in [3.63, 3.8) is 0 Å². The molecule has 3 aromatic rings. The Bertz CT molecular complexity index is 1240. The first kappa shape index (κ1) is 27.3. The maximum atomic E-state index is 13.7. The molecular weight excluding hydrogens is 543 g/mol. The van der Waals surface area contributed by atoms with Gasteiger partial charge in [-0.25, -0.2) is 0 Å². The Kier molecular flexibility index (Phi) is 9.11. The SMILES string of the molecule is Cc1ccc(CC([O-])=NCc2ccc(/C=C/C(c3cc(Cl)c(Cl)c(Cl)c3)C(F)(F)F)cc2Cl)cn1. The second-order valence-corrected chi connectivity index (χ2v) is 9.32. The van der Waals surface area contributed by atoms with Gasteiger partial charge in [-0.15, -0.1) is 0 Å². The van der Waals surface area contributed by atoms with Gasteiger partial charge in [0.05, 0.1) is 27.5 Å². The lowest BCUT2D eigenvalue weighted by Gasteiger charge is -2.18. The van der Waals surface area contributed by atoms with Gasteiger partial charge in [0.25, 0.3) is 0 Å². The molecule has 35 heavy (non-hydrogen) atoms. The Morgan fingerprint density at radius 2 is 1.71 bits per heavy atom. The molecule has 0 radical (unpaired) electrons. The standard InChI is InChI=1S/C25H19Cl4F3N2O/c1-14-2-3-16(12-33-14)9-23(35)34-13-17-6-4-15(8-20(17)26)5-7-19(25(30,31)32)18-10-21(27)24(29)22(28)11-18/h2-8,10-12,19H,9,13H2,1H3,(H,34,35)/p-1/b7-5+. The zero-order chi connectivity index (χ0) is 25.8. The molecule has 2 aromatic carbocycles. The van der Waals surface area contributed by atoms with E-state index in [1.54, 1.807) is 18.3 Å². The van der Waals surface area contributed by atoms with Crippen molar-refractivity contribution in [2.45, 2.75) is 32.0 Å². The van der Waals surface area contributed by atoms with E-state index in [-0.39, 0.29) is 44.5 Å². The average Bonchev–Trinajstić information content (AvgIpc) is 2.77. The van der Waals surface area contributed by atoms with Crippen molar-refractivity contribution < 1.29 is 18.3 Å². The molecule has 0 bridgehead atoms. The predicted octanol–water partition coefficient (Wildman–Crippen LogP) is 7.86. The van der Waals surface area contributed by atoms with Gasteiger partial charge in [0.2, 0.25) is 0 Å². The molecule has 3 rings (SSSR count). The number of hydrogen-bond acceptors (Lipinski definition) is 3. The van der Waals surface area contributed by atoms with Crippen LogP contribution in [0.25, 0.3) is 6.08 Å². The zero-order valence-corrected chi connectivity index (χ0v) is 21.2. The van der Waals surface area contributed by atoms with Crippen molar-refractivity contribution in [3.05, 3.63) is 103 Å². The minimum absolute atomic E-state index is 0.0104. The van der Waals surface area contributed by atoms with E-state index < -0.39 is 12.1 Å². The Balaban J connectivity index is 1.75. The molecule has 3 nitrogen and oxygen atoms in total. The van der Waals surface area contributed by atoms with Gasteiger partial charge in [0, 0.05) is 23.3 Å². The molecule has 1 aromatic heterocycles. The molecule has 184 valence electrons. The molecule has 1 unspecified atom stereocenters. The monoisotopic (exact) mass is 559 g/mol. The molecule has 0 aliphatic heterocycles. The first-order valence-corrected chi connectivity index (χ1v) is 11.7. The highest BCUT2D eigenvalue weighted by Gasteiger charge is 2.39.